The Bertz CT molecular complexity index is 384. The lowest BCUT2D eigenvalue weighted by atomic mass is 10.0. The third-order valence-corrected chi connectivity index (χ3v) is 4.27. The first-order valence-corrected chi connectivity index (χ1v) is 7.14. The highest BCUT2D eigenvalue weighted by atomic mass is 127. The van der Waals surface area contributed by atoms with Gasteiger partial charge in [-0.05, 0) is 67.2 Å². The van der Waals surface area contributed by atoms with E-state index in [4.69, 9.17) is 0 Å². The summed E-state index contributed by atoms with van der Waals surface area (Å²) >= 11 is 2.17. The second-order valence-corrected chi connectivity index (χ2v) is 5.80. The van der Waals surface area contributed by atoms with Crippen LogP contribution in [0.15, 0.2) is 18.2 Å². The van der Waals surface area contributed by atoms with E-state index in [0.29, 0.717) is 6.04 Å². The van der Waals surface area contributed by atoms with Crippen molar-refractivity contribution in [3.8, 4) is 0 Å². The summed E-state index contributed by atoms with van der Waals surface area (Å²) in [4.78, 5) is 2.41. The maximum absolute atomic E-state index is 13.0. The minimum absolute atomic E-state index is 0.172. The zero-order valence-corrected chi connectivity index (χ0v) is 12.2. The molecular weight excluding hydrogens is 330 g/mol. The van der Waals surface area contributed by atoms with Gasteiger partial charge in [0.1, 0.15) is 5.82 Å². The number of rotatable bonds is 3. The molecule has 0 amide bonds. The van der Waals surface area contributed by atoms with Gasteiger partial charge >= 0.3 is 0 Å². The van der Waals surface area contributed by atoms with E-state index < -0.39 is 0 Å². The molecule has 0 aliphatic carbocycles. The summed E-state index contributed by atoms with van der Waals surface area (Å²) in [6.07, 6.45) is 3.87. The molecule has 0 spiro atoms. The summed E-state index contributed by atoms with van der Waals surface area (Å²) in [5, 5.41) is 3.42. The molecule has 1 atom stereocenters. The minimum atomic E-state index is -0.172. The number of hydrogen-bond donors (Lipinski definition) is 1. The molecule has 1 aromatic rings. The van der Waals surface area contributed by atoms with Crippen LogP contribution in [-0.4, -0.2) is 31.1 Å². The summed E-state index contributed by atoms with van der Waals surface area (Å²) in [6, 6.07) is 5.49. The molecular formula is C13H18FIN2. The topological polar surface area (TPSA) is 15.3 Å². The molecule has 0 radical (unpaired) electrons. The zero-order valence-electron chi connectivity index (χ0n) is 10.0. The monoisotopic (exact) mass is 348 g/mol. The summed E-state index contributed by atoms with van der Waals surface area (Å²) in [7, 11) is 2.18. The van der Waals surface area contributed by atoms with Crippen molar-refractivity contribution in [2.24, 2.45) is 0 Å². The van der Waals surface area contributed by atoms with E-state index in [0.717, 1.165) is 15.8 Å². The van der Waals surface area contributed by atoms with Crippen LogP contribution < -0.4 is 5.32 Å². The normalized spacial score (nSPS) is 21.5. The molecule has 1 aliphatic rings. The Hall–Kier alpha value is -0.360. The summed E-state index contributed by atoms with van der Waals surface area (Å²) in [5.41, 5.74) is 1.03. The van der Waals surface area contributed by atoms with Gasteiger partial charge in [0.05, 0.1) is 0 Å². The van der Waals surface area contributed by atoms with E-state index in [2.05, 4.69) is 39.9 Å². The third kappa shape index (κ3) is 3.55. The number of anilines is 1. The number of likely N-dealkylation sites (tertiary alicyclic amines) is 1. The maximum atomic E-state index is 13.0. The molecule has 17 heavy (non-hydrogen) atoms. The molecule has 4 heteroatoms. The van der Waals surface area contributed by atoms with Gasteiger partial charge in [0, 0.05) is 21.8 Å². The van der Waals surface area contributed by atoms with Crippen molar-refractivity contribution in [1.82, 2.24) is 4.90 Å². The fraction of sp³-hybridized carbons (Fsp3) is 0.538. The van der Waals surface area contributed by atoms with Crippen molar-refractivity contribution in [3.05, 3.63) is 27.6 Å². The largest absolute Gasteiger partial charge is 0.383 e. The molecule has 2 nitrogen and oxygen atoms in total. The molecule has 1 unspecified atom stereocenters. The van der Waals surface area contributed by atoms with Gasteiger partial charge in [0.2, 0.25) is 0 Å². The molecule has 1 heterocycles. The van der Waals surface area contributed by atoms with Crippen LogP contribution in [-0.2, 0) is 0 Å². The van der Waals surface area contributed by atoms with Gasteiger partial charge < -0.3 is 10.2 Å². The van der Waals surface area contributed by atoms with E-state index in [1.807, 2.05) is 6.07 Å². The van der Waals surface area contributed by atoms with Gasteiger partial charge in [-0.3, -0.25) is 0 Å². The Labute approximate surface area is 116 Å². The first kappa shape index (κ1) is 13.1. The molecule has 1 aromatic carbocycles. The summed E-state index contributed by atoms with van der Waals surface area (Å²) in [5.74, 6) is -0.172. The second-order valence-electron chi connectivity index (χ2n) is 4.64. The lowest BCUT2D eigenvalue weighted by molar-refractivity contribution is 0.194. The van der Waals surface area contributed by atoms with E-state index in [-0.39, 0.29) is 5.82 Å². The lowest BCUT2D eigenvalue weighted by Crippen LogP contribution is -2.40. The number of likely N-dealkylation sites (N-methyl/N-ethyl adjacent to an activating group) is 1. The van der Waals surface area contributed by atoms with Gasteiger partial charge in [0.25, 0.3) is 0 Å². The maximum Gasteiger partial charge on any atom is 0.124 e. The standard InChI is InChI=1S/C13H18FIN2/c1-17-7-3-2-4-11(17)9-16-13-6-5-10(14)8-12(13)15/h5-6,8,11,16H,2-4,7,9H2,1H3. The highest BCUT2D eigenvalue weighted by molar-refractivity contribution is 14.1. The zero-order chi connectivity index (χ0) is 12.3. The first-order valence-electron chi connectivity index (χ1n) is 6.06. The van der Waals surface area contributed by atoms with Gasteiger partial charge in [-0.1, -0.05) is 6.42 Å². The molecule has 94 valence electrons. The fourth-order valence-electron chi connectivity index (χ4n) is 2.26. The van der Waals surface area contributed by atoms with Crippen molar-refractivity contribution < 1.29 is 4.39 Å². The van der Waals surface area contributed by atoms with E-state index in [1.54, 1.807) is 6.07 Å². The van der Waals surface area contributed by atoms with E-state index in [1.165, 1.54) is 31.9 Å². The molecule has 1 fully saturated rings. The van der Waals surface area contributed by atoms with Gasteiger partial charge in [0.15, 0.2) is 0 Å². The molecule has 1 aliphatic heterocycles. The molecule has 0 aromatic heterocycles. The predicted octanol–water partition coefficient (Wildman–Crippen LogP) is 3.33. The minimum Gasteiger partial charge on any atom is -0.383 e. The SMILES string of the molecule is CN1CCCCC1CNc1ccc(F)cc1I. The van der Waals surface area contributed by atoms with Crippen molar-refractivity contribution in [3.63, 3.8) is 0 Å². The van der Waals surface area contributed by atoms with Crippen LogP contribution in [0, 0.1) is 9.39 Å². The average Bonchev–Trinajstić information content (AvgIpc) is 2.30. The Morgan fingerprint density at radius 1 is 1.47 bits per heavy atom. The van der Waals surface area contributed by atoms with E-state index >= 15 is 0 Å². The molecule has 2 rings (SSSR count). The lowest BCUT2D eigenvalue weighted by Gasteiger charge is -2.32. The smallest absolute Gasteiger partial charge is 0.124 e. The number of nitrogens with one attached hydrogen (secondary N) is 1. The predicted molar refractivity (Wildman–Crippen MR) is 77.9 cm³/mol. The number of benzene rings is 1. The van der Waals surface area contributed by atoms with Crippen LogP contribution in [0.2, 0.25) is 0 Å². The van der Waals surface area contributed by atoms with Gasteiger partial charge in [-0.25, -0.2) is 4.39 Å². The molecule has 1 N–H and O–H groups in total. The number of nitrogens with zero attached hydrogens (tertiary/aromatic N) is 1. The number of hydrogen-bond acceptors (Lipinski definition) is 2. The van der Waals surface area contributed by atoms with E-state index in [9.17, 15) is 4.39 Å². The Morgan fingerprint density at radius 2 is 2.29 bits per heavy atom. The molecule has 0 bridgehead atoms. The van der Waals surface area contributed by atoms with Crippen molar-refractivity contribution in [1.29, 1.82) is 0 Å². The quantitative estimate of drug-likeness (QED) is 0.843. The molecule has 0 saturated carbocycles. The number of halogens is 2. The van der Waals surface area contributed by atoms with Crippen molar-refractivity contribution in [2.75, 3.05) is 25.5 Å². The highest BCUT2D eigenvalue weighted by Gasteiger charge is 2.18. The summed E-state index contributed by atoms with van der Waals surface area (Å²) < 4.78 is 13.9. The van der Waals surface area contributed by atoms with Gasteiger partial charge in [-0.2, -0.15) is 0 Å². The van der Waals surface area contributed by atoms with Crippen molar-refractivity contribution >= 4 is 28.3 Å². The fourth-order valence-corrected chi connectivity index (χ4v) is 2.93. The first-order chi connectivity index (χ1) is 8.16. The van der Waals surface area contributed by atoms with Gasteiger partial charge in [-0.15, -0.1) is 0 Å². The van der Waals surface area contributed by atoms with Crippen molar-refractivity contribution in [2.45, 2.75) is 25.3 Å². The van der Waals surface area contributed by atoms with Crippen LogP contribution >= 0.6 is 22.6 Å². The second kappa shape index (κ2) is 6.00. The Balaban J connectivity index is 1.92. The average molecular weight is 348 g/mol. The van der Waals surface area contributed by atoms with Crippen LogP contribution in [0.5, 0.6) is 0 Å². The Morgan fingerprint density at radius 3 is 3.00 bits per heavy atom. The van der Waals surface area contributed by atoms with Crippen LogP contribution in [0.1, 0.15) is 19.3 Å². The third-order valence-electron chi connectivity index (χ3n) is 3.38. The summed E-state index contributed by atoms with van der Waals surface area (Å²) in [6.45, 7) is 2.13. The molecule has 1 saturated heterocycles. The number of piperidine rings is 1. The van der Waals surface area contributed by atoms with Crippen LogP contribution in [0.25, 0.3) is 0 Å². The van der Waals surface area contributed by atoms with Crippen LogP contribution in [0.4, 0.5) is 10.1 Å². The Kier molecular flexibility index (Phi) is 4.62. The van der Waals surface area contributed by atoms with Crippen LogP contribution in [0.3, 0.4) is 0 Å². The highest BCUT2D eigenvalue weighted by Crippen LogP contribution is 2.21.